The first kappa shape index (κ1) is 27.2. The lowest BCUT2D eigenvalue weighted by Crippen LogP contribution is -2.09. The van der Waals surface area contributed by atoms with Crippen molar-refractivity contribution >= 4 is 17.1 Å². The van der Waals surface area contributed by atoms with Gasteiger partial charge in [0.1, 0.15) is 12.3 Å². The van der Waals surface area contributed by atoms with Crippen molar-refractivity contribution in [1.29, 1.82) is 0 Å². The van der Waals surface area contributed by atoms with Crippen LogP contribution in [0.4, 0.5) is 26.3 Å². The van der Waals surface area contributed by atoms with Crippen LogP contribution in [0.15, 0.2) is 54.7 Å². The molecule has 0 bridgehead atoms. The van der Waals surface area contributed by atoms with Gasteiger partial charge in [-0.05, 0) is 73.2 Å². The van der Waals surface area contributed by atoms with Crippen LogP contribution in [0, 0.1) is 0 Å². The molecule has 11 heteroatoms. The molecule has 0 spiro atoms. The van der Waals surface area contributed by atoms with Crippen molar-refractivity contribution < 1.29 is 40.6 Å². The highest BCUT2D eigenvalue weighted by Gasteiger charge is 2.34. The number of allylic oxidation sites excluding steroid dienone is 2. The van der Waals surface area contributed by atoms with Crippen molar-refractivity contribution in [3.63, 3.8) is 0 Å². The van der Waals surface area contributed by atoms with E-state index < -0.39 is 29.4 Å². The molecule has 1 aliphatic carbocycles. The van der Waals surface area contributed by atoms with Gasteiger partial charge in [-0.2, -0.15) is 26.3 Å². The summed E-state index contributed by atoms with van der Waals surface area (Å²) in [4.78, 5) is 20.4. The zero-order chi connectivity index (χ0) is 27.5. The zero-order valence-corrected chi connectivity index (χ0v) is 20.1. The maximum atomic E-state index is 13.6. The number of ether oxygens (including phenoxy) is 2. The minimum atomic E-state index is -4.66. The number of carbonyl (C=O) groups excluding carboxylic acids is 1. The molecule has 0 unspecified atom stereocenters. The van der Waals surface area contributed by atoms with Crippen LogP contribution in [-0.4, -0.2) is 22.5 Å². The second-order valence-electron chi connectivity index (χ2n) is 8.50. The van der Waals surface area contributed by atoms with Crippen LogP contribution in [0.5, 0.6) is 5.88 Å². The van der Waals surface area contributed by atoms with Gasteiger partial charge in [0.05, 0.1) is 23.4 Å². The first-order chi connectivity index (χ1) is 18.0. The average Bonchev–Trinajstić information content (AvgIpc) is 3.37. The molecular weight excluding hydrogens is 514 g/mol. The molecular formula is C27H22F6N2O3. The standard InChI is InChI=1S/C27H22F6N2O3/c1-2-37-25(36)23-8-4-7-22(35-23)20-6-3-5-19(20)21-13-18(27(31,32)33)14-34-24(21)38-15-16-9-11-17(12-10-16)26(28,29)30/h4,7-14H,2-3,5-6,15H2,1H3. The Morgan fingerprint density at radius 2 is 1.61 bits per heavy atom. The van der Waals surface area contributed by atoms with Gasteiger partial charge in [-0.15, -0.1) is 0 Å². The molecule has 5 nitrogen and oxygen atoms in total. The van der Waals surface area contributed by atoms with Gasteiger partial charge in [-0.1, -0.05) is 18.2 Å². The molecule has 0 amide bonds. The summed E-state index contributed by atoms with van der Waals surface area (Å²) in [5, 5.41) is 0. The first-order valence-corrected chi connectivity index (χ1v) is 11.7. The molecule has 0 aliphatic heterocycles. The van der Waals surface area contributed by atoms with Crippen molar-refractivity contribution in [2.45, 2.75) is 45.1 Å². The second kappa shape index (κ2) is 10.8. The number of halogens is 6. The van der Waals surface area contributed by atoms with E-state index in [9.17, 15) is 31.1 Å². The number of hydrogen-bond donors (Lipinski definition) is 0. The Kier molecular flexibility index (Phi) is 7.75. The largest absolute Gasteiger partial charge is 0.472 e. The summed E-state index contributed by atoms with van der Waals surface area (Å²) < 4.78 is 89.9. The Hall–Kier alpha value is -3.89. The number of alkyl halides is 6. The van der Waals surface area contributed by atoms with E-state index in [-0.39, 0.29) is 30.4 Å². The van der Waals surface area contributed by atoms with Crippen molar-refractivity contribution in [3.8, 4) is 5.88 Å². The Balaban J connectivity index is 1.71. The summed E-state index contributed by atoms with van der Waals surface area (Å²) in [5.74, 6) is -0.704. The van der Waals surface area contributed by atoms with Gasteiger partial charge >= 0.3 is 18.3 Å². The molecule has 1 aliphatic rings. The topological polar surface area (TPSA) is 61.3 Å². The first-order valence-electron chi connectivity index (χ1n) is 11.7. The third kappa shape index (κ3) is 6.15. The minimum Gasteiger partial charge on any atom is -0.472 e. The molecule has 38 heavy (non-hydrogen) atoms. The van der Waals surface area contributed by atoms with Gasteiger partial charge in [-0.25, -0.2) is 14.8 Å². The molecule has 2 aromatic heterocycles. The number of pyridine rings is 2. The minimum absolute atomic E-state index is 0.0732. The van der Waals surface area contributed by atoms with E-state index in [0.717, 1.165) is 18.2 Å². The molecule has 1 aromatic carbocycles. The summed E-state index contributed by atoms with van der Waals surface area (Å²) in [6.45, 7) is 1.61. The van der Waals surface area contributed by atoms with Gasteiger partial charge in [0, 0.05) is 11.8 Å². The lowest BCUT2D eigenvalue weighted by Gasteiger charge is -2.16. The number of nitrogens with zero attached hydrogens (tertiary/aromatic N) is 2. The van der Waals surface area contributed by atoms with Gasteiger partial charge in [0.2, 0.25) is 5.88 Å². The Labute approximate surface area is 214 Å². The van der Waals surface area contributed by atoms with Crippen LogP contribution >= 0.6 is 0 Å². The summed E-state index contributed by atoms with van der Waals surface area (Å²) in [7, 11) is 0. The van der Waals surface area contributed by atoms with Crippen LogP contribution in [0.3, 0.4) is 0 Å². The van der Waals surface area contributed by atoms with Crippen LogP contribution in [-0.2, 0) is 23.7 Å². The van der Waals surface area contributed by atoms with E-state index in [1.165, 1.54) is 18.2 Å². The molecule has 2 heterocycles. The quantitative estimate of drug-likeness (QED) is 0.233. The lowest BCUT2D eigenvalue weighted by molar-refractivity contribution is -0.138. The number of rotatable bonds is 7. The van der Waals surface area contributed by atoms with Crippen molar-refractivity contribution in [1.82, 2.24) is 9.97 Å². The van der Waals surface area contributed by atoms with Crippen LogP contribution in [0.2, 0.25) is 0 Å². The predicted molar refractivity (Wildman–Crippen MR) is 126 cm³/mol. The van der Waals surface area contributed by atoms with E-state index in [4.69, 9.17) is 9.47 Å². The zero-order valence-electron chi connectivity index (χ0n) is 20.1. The molecule has 0 N–H and O–H groups in total. The monoisotopic (exact) mass is 536 g/mol. The predicted octanol–water partition coefficient (Wildman–Crippen LogP) is 7.36. The third-order valence-electron chi connectivity index (χ3n) is 5.92. The van der Waals surface area contributed by atoms with Gasteiger partial charge in [0.15, 0.2) is 0 Å². The fourth-order valence-corrected chi connectivity index (χ4v) is 4.13. The van der Waals surface area contributed by atoms with Crippen molar-refractivity contribution in [3.05, 3.63) is 88.4 Å². The molecule has 0 saturated carbocycles. The molecule has 0 fully saturated rings. The summed E-state index contributed by atoms with van der Waals surface area (Å²) >= 11 is 0. The summed E-state index contributed by atoms with van der Waals surface area (Å²) in [6, 6.07) is 9.98. The third-order valence-corrected chi connectivity index (χ3v) is 5.92. The fraction of sp³-hybridized carbons (Fsp3) is 0.296. The molecule has 4 rings (SSSR count). The molecule has 200 valence electrons. The van der Waals surface area contributed by atoms with Gasteiger partial charge in [-0.3, -0.25) is 0 Å². The molecule has 0 saturated heterocycles. The Morgan fingerprint density at radius 3 is 2.26 bits per heavy atom. The highest BCUT2D eigenvalue weighted by molar-refractivity contribution is 5.94. The van der Waals surface area contributed by atoms with E-state index in [1.807, 2.05) is 0 Å². The number of hydrogen-bond acceptors (Lipinski definition) is 5. The van der Waals surface area contributed by atoms with Crippen molar-refractivity contribution in [2.75, 3.05) is 6.61 Å². The van der Waals surface area contributed by atoms with Gasteiger partial charge in [0.25, 0.3) is 0 Å². The smallest absolute Gasteiger partial charge is 0.417 e. The maximum absolute atomic E-state index is 13.6. The van der Waals surface area contributed by atoms with Crippen molar-refractivity contribution in [2.24, 2.45) is 0 Å². The maximum Gasteiger partial charge on any atom is 0.417 e. The van der Waals surface area contributed by atoms with E-state index in [2.05, 4.69) is 9.97 Å². The van der Waals surface area contributed by atoms with Crippen LogP contribution in [0.25, 0.3) is 11.1 Å². The molecule has 0 radical (unpaired) electrons. The van der Waals surface area contributed by atoms with E-state index >= 15 is 0 Å². The number of benzene rings is 1. The molecule has 3 aromatic rings. The summed E-state index contributed by atoms with van der Waals surface area (Å²) in [6.07, 6.45) is -6.95. The Bertz CT molecular complexity index is 1350. The average molecular weight is 536 g/mol. The summed E-state index contributed by atoms with van der Waals surface area (Å²) in [5.41, 5.74) is 0.390. The number of carbonyl (C=O) groups is 1. The normalized spacial score (nSPS) is 14.1. The highest BCUT2D eigenvalue weighted by Crippen LogP contribution is 2.43. The fourth-order valence-electron chi connectivity index (χ4n) is 4.13. The second-order valence-corrected chi connectivity index (χ2v) is 8.50. The van der Waals surface area contributed by atoms with E-state index in [1.54, 1.807) is 19.1 Å². The van der Waals surface area contributed by atoms with Crippen LogP contribution < -0.4 is 4.74 Å². The number of esters is 1. The SMILES string of the molecule is CCOC(=O)c1cccc(C2=C(c3cc(C(F)(F)F)cnc3OCc3ccc(C(F)(F)F)cc3)CCC2)n1. The van der Waals surface area contributed by atoms with Crippen LogP contribution in [0.1, 0.15) is 64.6 Å². The van der Waals surface area contributed by atoms with E-state index in [0.29, 0.717) is 47.9 Å². The highest BCUT2D eigenvalue weighted by atomic mass is 19.4. The Morgan fingerprint density at radius 1 is 0.921 bits per heavy atom. The number of aromatic nitrogens is 2. The molecule has 0 atom stereocenters. The van der Waals surface area contributed by atoms with Gasteiger partial charge < -0.3 is 9.47 Å². The lowest BCUT2D eigenvalue weighted by atomic mass is 9.99.